The van der Waals surface area contributed by atoms with Crippen LogP contribution in [-0.2, 0) is 0 Å². The molecule has 4 heteroatoms. The lowest BCUT2D eigenvalue weighted by molar-refractivity contribution is 0.0956. The first kappa shape index (κ1) is 14.1. The first-order valence-corrected chi connectivity index (χ1v) is 5.78. The van der Waals surface area contributed by atoms with Crippen molar-refractivity contribution in [1.82, 2.24) is 0 Å². The van der Waals surface area contributed by atoms with E-state index in [-0.39, 0.29) is 18.0 Å². The van der Waals surface area contributed by atoms with E-state index in [0.717, 1.165) is 18.2 Å². The summed E-state index contributed by atoms with van der Waals surface area (Å²) in [4.78, 5) is 0. The zero-order valence-corrected chi connectivity index (χ0v) is 10.2. The summed E-state index contributed by atoms with van der Waals surface area (Å²) in [6.45, 7) is 4.24. The molecular weight excluding hydrogens is 224 g/mol. The maximum atomic E-state index is 13.5. The molecule has 1 aromatic rings. The van der Waals surface area contributed by atoms with Crippen LogP contribution in [0.3, 0.4) is 0 Å². The molecule has 2 atom stereocenters. The Bertz CT molecular complexity index is 368. The molecular formula is C13H19F2NO. The summed E-state index contributed by atoms with van der Waals surface area (Å²) in [5, 5.41) is 10.0. The molecule has 96 valence electrons. The Balaban J connectivity index is 2.92. The summed E-state index contributed by atoms with van der Waals surface area (Å²) in [6.07, 6.45) is -0.383. The zero-order chi connectivity index (χ0) is 13.0. The van der Waals surface area contributed by atoms with Crippen LogP contribution in [0, 0.1) is 23.5 Å². The Morgan fingerprint density at radius 1 is 1.29 bits per heavy atom. The first-order chi connectivity index (χ1) is 7.95. The van der Waals surface area contributed by atoms with Gasteiger partial charge in [-0.3, -0.25) is 0 Å². The Morgan fingerprint density at radius 3 is 2.47 bits per heavy atom. The molecule has 0 radical (unpaired) electrons. The van der Waals surface area contributed by atoms with Gasteiger partial charge >= 0.3 is 0 Å². The van der Waals surface area contributed by atoms with Crippen molar-refractivity contribution in [1.29, 1.82) is 0 Å². The molecule has 0 heterocycles. The maximum Gasteiger partial charge on any atom is 0.129 e. The van der Waals surface area contributed by atoms with Crippen molar-refractivity contribution < 1.29 is 13.9 Å². The molecule has 0 spiro atoms. The number of hydrogen-bond acceptors (Lipinski definition) is 2. The van der Waals surface area contributed by atoms with Gasteiger partial charge in [-0.15, -0.1) is 0 Å². The SMILES string of the molecule is CC(C)CC(CN)C(O)c1cc(F)ccc1F. The van der Waals surface area contributed by atoms with Crippen molar-refractivity contribution in [2.45, 2.75) is 26.4 Å². The Kier molecular flexibility index (Phi) is 5.02. The van der Waals surface area contributed by atoms with Crippen LogP contribution >= 0.6 is 0 Å². The van der Waals surface area contributed by atoms with Crippen LogP contribution < -0.4 is 5.73 Å². The van der Waals surface area contributed by atoms with E-state index >= 15 is 0 Å². The standard InChI is InChI=1S/C13H19F2NO/c1-8(2)5-9(7-16)13(17)11-6-10(14)3-4-12(11)15/h3-4,6,8-9,13,17H,5,7,16H2,1-2H3. The first-order valence-electron chi connectivity index (χ1n) is 5.78. The number of hydrogen-bond donors (Lipinski definition) is 2. The van der Waals surface area contributed by atoms with Crippen molar-refractivity contribution in [3.05, 3.63) is 35.4 Å². The molecule has 17 heavy (non-hydrogen) atoms. The lowest BCUT2D eigenvalue weighted by Crippen LogP contribution is -2.24. The minimum Gasteiger partial charge on any atom is -0.388 e. The van der Waals surface area contributed by atoms with Crippen LogP contribution in [0.15, 0.2) is 18.2 Å². The minimum atomic E-state index is -1.06. The highest BCUT2D eigenvalue weighted by atomic mass is 19.1. The number of benzene rings is 1. The molecule has 0 aromatic heterocycles. The van der Waals surface area contributed by atoms with Crippen molar-refractivity contribution in [2.24, 2.45) is 17.6 Å². The van der Waals surface area contributed by atoms with E-state index in [1.807, 2.05) is 13.8 Å². The number of aliphatic hydroxyl groups excluding tert-OH is 1. The monoisotopic (exact) mass is 243 g/mol. The van der Waals surface area contributed by atoms with Crippen molar-refractivity contribution in [2.75, 3.05) is 6.54 Å². The van der Waals surface area contributed by atoms with E-state index in [4.69, 9.17) is 5.73 Å². The molecule has 1 rings (SSSR count). The molecule has 2 unspecified atom stereocenters. The summed E-state index contributed by atoms with van der Waals surface area (Å²) >= 11 is 0. The predicted octanol–water partition coefficient (Wildman–Crippen LogP) is 2.62. The van der Waals surface area contributed by atoms with Crippen LogP contribution in [0.2, 0.25) is 0 Å². The molecule has 3 N–H and O–H groups in total. The van der Waals surface area contributed by atoms with Gasteiger partial charge in [0.2, 0.25) is 0 Å². The summed E-state index contributed by atoms with van der Waals surface area (Å²) in [6, 6.07) is 3.09. The molecule has 0 aliphatic heterocycles. The van der Waals surface area contributed by atoms with Crippen LogP contribution in [0.4, 0.5) is 8.78 Å². The highest BCUT2D eigenvalue weighted by Crippen LogP contribution is 2.28. The number of nitrogens with two attached hydrogens (primary N) is 1. The molecule has 0 aliphatic carbocycles. The Morgan fingerprint density at radius 2 is 1.94 bits per heavy atom. The quantitative estimate of drug-likeness (QED) is 0.835. The van der Waals surface area contributed by atoms with Gasteiger partial charge in [-0.2, -0.15) is 0 Å². The average Bonchev–Trinajstić information content (AvgIpc) is 2.28. The average molecular weight is 243 g/mol. The van der Waals surface area contributed by atoms with E-state index in [9.17, 15) is 13.9 Å². The van der Waals surface area contributed by atoms with E-state index in [2.05, 4.69) is 0 Å². The van der Waals surface area contributed by atoms with Crippen molar-refractivity contribution in [3.63, 3.8) is 0 Å². The molecule has 0 saturated heterocycles. The number of halogens is 2. The number of rotatable bonds is 5. The fraction of sp³-hybridized carbons (Fsp3) is 0.538. The Labute approximate surface area is 100 Å². The van der Waals surface area contributed by atoms with Gasteiger partial charge in [0.05, 0.1) is 6.10 Å². The van der Waals surface area contributed by atoms with Crippen molar-refractivity contribution >= 4 is 0 Å². The smallest absolute Gasteiger partial charge is 0.129 e. The number of aliphatic hydroxyl groups is 1. The third-order valence-corrected chi connectivity index (χ3v) is 2.80. The van der Waals surface area contributed by atoms with Crippen molar-refractivity contribution in [3.8, 4) is 0 Å². The van der Waals surface area contributed by atoms with E-state index < -0.39 is 17.7 Å². The van der Waals surface area contributed by atoms with E-state index in [1.165, 1.54) is 0 Å². The third-order valence-electron chi connectivity index (χ3n) is 2.80. The molecule has 1 aromatic carbocycles. The fourth-order valence-corrected chi connectivity index (χ4v) is 1.95. The highest BCUT2D eigenvalue weighted by molar-refractivity contribution is 5.21. The van der Waals surface area contributed by atoms with Gasteiger partial charge in [-0.25, -0.2) is 8.78 Å². The molecule has 0 bridgehead atoms. The molecule has 0 aliphatic rings. The van der Waals surface area contributed by atoms with Crippen LogP contribution in [0.5, 0.6) is 0 Å². The summed E-state index contributed by atoms with van der Waals surface area (Å²) < 4.78 is 26.5. The fourth-order valence-electron chi connectivity index (χ4n) is 1.95. The van der Waals surface area contributed by atoms with Crippen LogP contribution in [0.25, 0.3) is 0 Å². The Hall–Kier alpha value is -1.00. The highest BCUT2D eigenvalue weighted by Gasteiger charge is 2.23. The maximum absolute atomic E-state index is 13.5. The van der Waals surface area contributed by atoms with Gasteiger partial charge < -0.3 is 10.8 Å². The van der Waals surface area contributed by atoms with Gasteiger partial charge in [0.25, 0.3) is 0 Å². The van der Waals surface area contributed by atoms with E-state index in [0.29, 0.717) is 12.3 Å². The van der Waals surface area contributed by atoms with Gasteiger partial charge in [0, 0.05) is 11.5 Å². The second-order valence-electron chi connectivity index (χ2n) is 4.74. The summed E-state index contributed by atoms with van der Waals surface area (Å²) in [7, 11) is 0. The van der Waals surface area contributed by atoms with Gasteiger partial charge in [0.1, 0.15) is 11.6 Å². The minimum absolute atomic E-state index is 0.0129. The largest absolute Gasteiger partial charge is 0.388 e. The van der Waals surface area contributed by atoms with Gasteiger partial charge in [0.15, 0.2) is 0 Å². The topological polar surface area (TPSA) is 46.2 Å². The molecule has 0 fully saturated rings. The zero-order valence-electron chi connectivity index (χ0n) is 10.2. The van der Waals surface area contributed by atoms with Crippen LogP contribution in [-0.4, -0.2) is 11.7 Å². The molecule has 0 amide bonds. The molecule has 2 nitrogen and oxygen atoms in total. The normalized spacial score (nSPS) is 15.0. The summed E-state index contributed by atoms with van der Waals surface area (Å²) in [5.74, 6) is -1.07. The molecule has 0 saturated carbocycles. The van der Waals surface area contributed by atoms with E-state index in [1.54, 1.807) is 0 Å². The van der Waals surface area contributed by atoms with Gasteiger partial charge in [-0.05, 0) is 37.1 Å². The van der Waals surface area contributed by atoms with Gasteiger partial charge in [-0.1, -0.05) is 13.8 Å². The second-order valence-corrected chi connectivity index (χ2v) is 4.74. The lowest BCUT2D eigenvalue weighted by atomic mass is 9.88. The second kappa shape index (κ2) is 6.07. The predicted molar refractivity (Wildman–Crippen MR) is 63.3 cm³/mol. The van der Waals surface area contributed by atoms with Crippen LogP contribution in [0.1, 0.15) is 31.9 Å². The summed E-state index contributed by atoms with van der Waals surface area (Å²) in [5.41, 5.74) is 5.56. The lowest BCUT2D eigenvalue weighted by Gasteiger charge is -2.23. The third kappa shape index (κ3) is 3.75.